The first kappa shape index (κ1) is 17.4. The maximum absolute atomic E-state index is 4.60. The number of hydrogen-bond acceptors (Lipinski definition) is 6. The first-order valence-electron chi connectivity index (χ1n) is 5.96. The molecule has 1 unspecified atom stereocenters. The topological polar surface area (TPSA) is 37.1 Å². The number of thiocarbonyl (C=S) groups is 3. The highest BCUT2D eigenvalue weighted by Crippen LogP contribution is 2.15. The summed E-state index contributed by atoms with van der Waals surface area (Å²) in [4.78, 5) is 11.8. The number of nitrogens with zero attached hydrogens (tertiary/aromatic N) is 3. The van der Waals surface area contributed by atoms with E-state index in [-0.39, 0.29) is 0 Å². The van der Waals surface area contributed by atoms with Crippen LogP contribution in [0, 0.1) is 5.92 Å². The average molecular weight is 299 g/mol. The first-order chi connectivity index (χ1) is 8.85. The molecule has 0 aliphatic heterocycles. The van der Waals surface area contributed by atoms with Crippen LogP contribution in [0.15, 0.2) is 15.0 Å². The smallest absolute Gasteiger partial charge is 0.0585 e. The maximum atomic E-state index is 4.60. The van der Waals surface area contributed by atoms with Gasteiger partial charge in [0, 0.05) is 13.1 Å². The molecule has 0 heterocycles. The number of aliphatic imine (C=N–C) groups is 3. The third kappa shape index (κ3) is 11.9. The highest BCUT2D eigenvalue weighted by molar-refractivity contribution is 7.78. The second-order valence-corrected chi connectivity index (χ2v) is 4.43. The monoisotopic (exact) mass is 299 g/mol. The summed E-state index contributed by atoms with van der Waals surface area (Å²) in [6, 6.07) is 0. The normalized spacial score (nSPS) is 10.7. The summed E-state index contributed by atoms with van der Waals surface area (Å²) in [5, 5.41) is 7.18. The Bertz CT molecular complexity index is 352. The Morgan fingerprint density at radius 2 is 1.28 bits per heavy atom. The van der Waals surface area contributed by atoms with E-state index in [9.17, 15) is 0 Å². The van der Waals surface area contributed by atoms with Crippen LogP contribution < -0.4 is 0 Å². The van der Waals surface area contributed by atoms with Crippen LogP contribution in [0.4, 0.5) is 0 Å². The quantitative estimate of drug-likeness (QED) is 0.330. The maximum Gasteiger partial charge on any atom is 0.0585 e. The molecule has 1 atom stereocenters. The van der Waals surface area contributed by atoms with Crippen LogP contribution in [-0.4, -0.2) is 35.1 Å². The van der Waals surface area contributed by atoms with Gasteiger partial charge in [-0.1, -0.05) is 6.42 Å². The zero-order chi connectivity index (χ0) is 13.5. The number of isothiocyanates is 3. The highest BCUT2D eigenvalue weighted by atomic mass is 32.1. The van der Waals surface area contributed by atoms with Gasteiger partial charge in [0.25, 0.3) is 0 Å². The van der Waals surface area contributed by atoms with Crippen molar-refractivity contribution >= 4 is 52.1 Å². The third-order valence-electron chi connectivity index (χ3n) is 2.56. The Balaban J connectivity index is 3.85. The Morgan fingerprint density at radius 3 is 1.89 bits per heavy atom. The number of rotatable bonds is 11. The molecule has 0 fully saturated rings. The Labute approximate surface area is 125 Å². The molecule has 0 saturated carbocycles. The minimum absolute atomic E-state index is 0.539. The summed E-state index contributed by atoms with van der Waals surface area (Å²) >= 11 is 13.6. The van der Waals surface area contributed by atoms with Crippen molar-refractivity contribution in [2.45, 2.75) is 32.1 Å². The molecule has 18 heavy (non-hydrogen) atoms. The summed E-state index contributed by atoms with van der Waals surface area (Å²) in [7, 11) is 0. The van der Waals surface area contributed by atoms with Crippen LogP contribution in [0.2, 0.25) is 0 Å². The van der Waals surface area contributed by atoms with E-state index < -0.39 is 0 Å². The lowest BCUT2D eigenvalue weighted by molar-refractivity contribution is 0.433. The van der Waals surface area contributed by atoms with E-state index in [4.69, 9.17) is 0 Å². The molecule has 0 aliphatic carbocycles. The SMILES string of the molecule is S=C=NCCCCC(CCCN=C=S)CN=C=S. The van der Waals surface area contributed by atoms with Gasteiger partial charge in [-0.05, 0) is 68.3 Å². The van der Waals surface area contributed by atoms with Crippen LogP contribution in [-0.2, 0) is 0 Å². The molecule has 3 nitrogen and oxygen atoms in total. The summed E-state index contributed by atoms with van der Waals surface area (Å²) in [5.74, 6) is 0.539. The molecule has 0 spiro atoms. The van der Waals surface area contributed by atoms with Gasteiger partial charge in [0.15, 0.2) is 0 Å². The summed E-state index contributed by atoms with van der Waals surface area (Å²) in [5.41, 5.74) is 0. The molecule has 0 bridgehead atoms. The van der Waals surface area contributed by atoms with E-state index in [1.807, 2.05) is 0 Å². The van der Waals surface area contributed by atoms with Gasteiger partial charge < -0.3 is 0 Å². The van der Waals surface area contributed by atoms with Crippen molar-refractivity contribution in [3.8, 4) is 0 Å². The Hall–Kier alpha value is -0.600. The van der Waals surface area contributed by atoms with Crippen molar-refractivity contribution in [3.63, 3.8) is 0 Å². The fraction of sp³-hybridized carbons (Fsp3) is 0.750. The lowest BCUT2D eigenvalue weighted by atomic mass is 9.97. The lowest BCUT2D eigenvalue weighted by Crippen LogP contribution is -2.06. The molecule has 0 aromatic rings. The molecule has 0 aliphatic rings. The van der Waals surface area contributed by atoms with Crippen LogP contribution >= 0.6 is 36.7 Å². The molecule has 0 amide bonds. The number of hydrogen-bond donors (Lipinski definition) is 0. The van der Waals surface area contributed by atoms with Gasteiger partial charge >= 0.3 is 0 Å². The van der Waals surface area contributed by atoms with Gasteiger partial charge in [0.2, 0.25) is 0 Å². The van der Waals surface area contributed by atoms with Gasteiger partial charge in [-0.3, -0.25) is 0 Å². The van der Waals surface area contributed by atoms with Crippen molar-refractivity contribution < 1.29 is 0 Å². The summed E-state index contributed by atoms with van der Waals surface area (Å²) < 4.78 is 0. The Morgan fingerprint density at radius 1 is 0.722 bits per heavy atom. The van der Waals surface area contributed by atoms with Gasteiger partial charge in [0.05, 0.1) is 22.0 Å². The van der Waals surface area contributed by atoms with E-state index in [2.05, 4.69) is 67.1 Å². The second kappa shape index (κ2) is 14.5. The minimum Gasteiger partial charge on any atom is -0.233 e. The largest absolute Gasteiger partial charge is 0.233 e. The molecular weight excluding hydrogens is 282 g/mol. The van der Waals surface area contributed by atoms with Gasteiger partial charge in [-0.2, -0.15) is 0 Å². The molecule has 0 aromatic heterocycles. The summed E-state index contributed by atoms with van der Waals surface area (Å²) in [6.07, 6.45) is 5.37. The molecule has 98 valence electrons. The standard InChI is InChI=1S/C12H17N3S3/c16-9-13-6-2-1-4-12(8-15-11-18)5-3-7-14-10-17/h12H,1-8H2. The van der Waals surface area contributed by atoms with Crippen molar-refractivity contribution in [2.24, 2.45) is 20.9 Å². The molecule has 0 saturated heterocycles. The lowest BCUT2D eigenvalue weighted by Gasteiger charge is -2.12. The predicted octanol–water partition coefficient (Wildman–Crippen LogP) is 3.86. The van der Waals surface area contributed by atoms with E-state index in [0.29, 0.717) is 5.92 Å². The molecule has 6 heteroatoms. The number of unbranched alkanes of at least 4 members (excludes halogenated alkanes) is 1. The molecular formula is C12H17N3S3. The van der Waals surface area contributed by atoms with E-state index in [0.717, 1.165) is 51.7 Å². The van der Waals surface area contributed by atoms with E-state index in [1.165, 1.54) is 0 Å². The van der Waals surface area contributed by atoms with Crippen LogP contribution in [0.1, 0.15) is 32.1 Å². The minimum atomic E-state index is 0.539. The van der Waals surface area contributed by atoms with Gasteiger partial charge in [-0.25, -0.2) is 15.0 Å². The zero-order valence-corrected chi connectivity index (χ0v) is 12.8. The third-order valence-corrected chi connectivity index (χ3v) is 2.95. The van der Waals surface area contributed by atoms with Crippen molar-refractivity contribution in [1.29, 1.82) is 0 Å². The van der Waals surface area contributed by atoms with Crippen molar-refractivity contribution in [2.75, 3.05) is 19.6 Å². The van der Waals surface area contributed by atoms with Crippen molar-refractivity contribution in [1.82, 2.24) is 0 Å². The van der Waals surface area contributed by atoms with E-state index in [1.54, 1.807) is 0 Å². The second-order valence-electron chi connectivity index (χ2n) is 3.88. The fourth-order valence-electron chi connectivity index (χ4n) is 1.67. The fourth-order valence-corrected chi connectivity index (χ4v) is 1.92. The predicted molar refractivity (Wildman–Crippen MR) is 86.3 cm³/mol. The summed E-state index contributed by atoms with van der Waals surface area (Å²) in [6.45, 7) is 2.26. The molecule has 0 aromatic carbocycles. The molecule has 0 radical (unpaired) electrons. The zero-order valence-electron chi connectivity index (χ0n) is 10.3. The molecule has 0 N–H and O–H groups in total. The van der Waals surface area contributed by atoms with Crippen LogP contribution in [0.3, 0.4) is 0 Å². The Kier molecular flexibility index (Phi) is 14.0. The first-order valence-corrected chi connectivity index (χ1v) is 7.18. The molecule has 0 rings (SSSR count). The van der Waals surface area contributed by atoms with Crippen LogP contribution in [0.25, 0.3) is 0 Å². The van der Waals surface area contributed by atoms with Gasteiger partial charge in [-0.15, -0.1) is 0 Å². The van der Waals surface area contributed by atoms with E-state index >= 15 is 0 Å². The average Bonchev–Trinajstić information content (AvgIpc) is 2.39. The highest BCUT2D eigenvalue weighted by Gasteiger charge is 2.07. The van der Waals surface area contributed by atoms with Gasteiger partial charge in [0.1, 0.15) is 0 Å². The van der Waals surface area contributed by atoms with Crippen molar-refractivity contribution in [3.05, 3.63) is 0 Å². The van der Waals surface area contributed by atoms with Crippen LogP contribution in [0.5, 0.6) is 0 Å².